The van der Waals surface area contributed by atoms with Gasteiger partial charge >= 0.3 is 0 Å². The molecule has 0 radical (unpaired) electrons. The minimum Gasteiger partial charge on any atom is -0.389 e. The Morgan fingerprint density at radius 3 is 2.76 bits per heavy atom. The van der Waals surface area contributed by atoms with Gasteiger partial charge < -0.3 is 20.7 Å². The van der Waals surface area contributed by atoms with Crippen molar-refractivity contribution in [3.05, 3.63) is 28.2 Å². The van der Waals surface area contributed by atoms with E-state index in [1.54, 1.807) is 4.90 Å². The van der Waals surface area contributed by atoms with Gasteiger partial charge in [-0.15, -0.1) is 0 Å². The van der Waals surface area contributed by atoms with Gasteiger partial charge in [0, 0.05) is 28.8 Å². The van der Waals surface area contributed by atoms with Gasteiger partial charge in [0.1, 0.15) is 11.0 Å². The first-order valence-electron chi connectivity index (χ1n) is 6.72. The maximum atomic E-state index is 12.4. The van der Waals surface area contributed by atoms with Crippen LogP contribution in [0, 0.1) is 0 Å². The van der Waals surface area contributed by atoms with Gasteiger partial charge in [-0.2, -0.15) is 0 Å². The van der Waals surface area contributed by atoms with Gasteiger partial charge in [-0.25, -0.2) is 0 Å². The average molecular weight is 372 g/mol. The third-order valence-corrected chi connectivity index (χ3v) is 4.19. The summed E-state index contributed by atoms with van der Waals surface area (Å²) in [5.41, 5.74) is 7.23. The molecule has 21 heavy (non-hydrogen) atoms. The molecule has 1 fully saturated rings. The second-order valence-electron chi connectivity index (χ2n) is 4.83. The van der Waals surface area contributed by atoms with Gasteiger partial charge in [0.25, 0.3) is 0 Å². The van der Waals surface area contributed by atoms with E-state index in [1.807, 2.05) is 25.1 Å². The summed E-state index contributed by atoms with van der Waals surface area (Å²) in [4.78, 5) is 14.5. The SMILES string of the molecule is CC(Nc1cccc(Br)c1C(N)=S)C(=O)N1CCOCC1. The number of hydrogen-bond donors (Lipinski definition) is 2. The Morgan fingerprint density at radius 1 is 1.48 bits per heavy atom. The zero-order valence-corrected chi connectivity index (χ0v) is 14.2. The molecule has 0 saturated carbocycles. The molecule has 7 heteroatoms. The molecule has 1 amide bonds. The minimum absolute atomic E-state index is 0.0483. The number of halogens is 1. The molecule has 1 heterocycles. The summed E-state index contributed by atoms with van der Waals surface area (Å²) in [7, 11) is 0. The van der Waals surface area contributed by atoms with Gasteiger partial charge in [0.15, 0.2) is 0 Å². The summed E-state index contributed by atoms with van der Waals surface area (Å²) in [6.45, 7) is 4.28. The smallest absolute Gasteiger partial charge is 0.244 e. The van der Waals surface area contributed by atoms with Crippen molar-refractivity contribution in [1.29, 1.82) is 0 Å². The number of carbonyl (C=O) groups is 1. The quantitative estimate of drug-likeness (QED) is 0.789. The Bertz CT molecular complexity index is 547. The maximum Gasteiger partial charge on any atom is 0.244 e. The first kappa shape index (κ1) is 16.2. The highest BCUT2D eigenvalue weighted by Crippen LogP contribution is 2.25. The monoisotopic (exact) mass is 371 g/mol. The molecule has 0 aliphatic carbocycles. The first-order chi connectivity index (χ1) is 10.0. The number of carbonyl (C=O) groups excluding carboxylic acids is 1. The second-order valence-corrected chi connectivity index (χ2v) is 6.12. The van der Waals surface area contributed by atoms with E-state index >= 15 is 0 Å². The van der Waals surface area contributed by atoms with E-state index in [4.69, 9.17) is 22.7 Å². The number of morpholine rings is 1. The maximum absolute atomic E-state index is 12.4. The molecule has 114 valence electrons. The van der Waals surface area contributed by atoms with Crippen molar-refractivity contribution >= 4 is 44.7 Å². The molecule has 1 atom stereocenters. The largest absolute Gasteiger partial charge is 0.389 e. The Kier molecular flexibility index (Phi) is 5.55. The summed E-state index contributed by atoms with van der Waals surface area (Å²) < 4.78 is 6.07. The number of benzene rings is 1. The van der Waals surface area contributed by atoms with Crippen molar-refractivity contribution in [1.82, 2.24) is 4.90 Å². The number of ether oxygens (including phenoxy) is 1. The lowest BCUT2D eigenvalue weighted by molar-refractivity contribution is -0.135. The van der Waals surface area contributed by atoms with Gasteiger partial charge in [-0.1, -0.05) is 18.3 Å². The highest BCUT2D eigenvalue weighted by molar-refractivity contribution is 9.10. The third-order valence-electron chi connectivity index (χ3n) is 3.33. The molecule has 0 bridgehead atoms. The number of nitrogens with one attached hydrogen (secondary N) is 1. The van der Waals surface area contributed by atoms with Crippen LogP contribution in [-0.4, -0.2) is 48.1 Å². The first-order valence-corrected chi connectivity index (χ1v) is 7.92. The summed E-state index contributed by atoms with van der Waals surface area (Å²) in [6, 6.07) is 5.25. The molecule has 5 nitrogen and oxygen atoms in total. The van der Waals surface area contributed by atoms with Crippen LogP contribution < -0.4 is 11.1 Å². The van der Waals surface area contributed by atoms with Crippen LogP contribution >= 0.6 is 28.1 Å². The third kappa shape index (κ3) is 3.93. The van der Waals surface area contributed by atoms with E-state index in [9.17, 15) is 4.79 Å². The zero-order valence-electron chi connectivity index (χ0n) is 11.8. The number of amides is 1. The predicted octanol–water partition coefficient (Wildman–Crippen LogP) is 1.74. The van der Waals surface area contributed by atoms with Crippen LogP contribution in [0.5, 0.6) is 0 Å². The Labute approximate surface area is 137 Å². The van der Waals surface area contributed by atoms with Crippen LogP contribution in [0.2, 0.25) is 0 Å². The molecule has 1 aliphatic rings. The van der Waals surface area contributed by atoms with E-state index in [1.165, 1.54) is 0 Å². The highest BCUT2D eigenvalue weighted by Gasteiger charge is 2.23. The molecule has 3 N–H and O–H groups in total. The van der Waals surface area contributed by atoms with Gasteiger partial charge in [0.2, 0.25) is 5.91 Å². The molecule has 1 aromatic carbocycles. The average Bonchev–Trinajstić information content (AvgIpc) is 2.47. The van der Waals surface area contributed by atoms with Crippen LogP contribution in [0.3, 0.4) is 0 Å². The number of anilines is 1. The van der Waals surface area contributed by atoms with Crippen molar-refractivity contribution in [3.63, 3.8) is 0 Å². The zero-order chi connectivity index (χ0) is 15.4. The van der Waals surface area contributed by atoms with Crippen molar-refractivity contribution in [3.8, 4) is 0 Å². The fraction of sp³-hybridized carbons (Fsp3) is 0.429. The van der Waals surface area contributed by atoms with Crippen molar-refractivity contribution in [2.24, 2.45) is 5.73 Å². The Morgan fingerprint density at radius 2 is 2.14 bits per heavy atom. The Balaban J connectivity index is 2.12. The molecule has 1 aromatic rings. The lowest BCUT2D eigenvalue weighted by atomic mass is 10.1. The van der Waals surface area contributed by atoms with E-state index in [-0.39, 0.29) is 16.9 Å². The fourth-order valence-corrected chi connectivity index (χ4v) is 3.18. The van der Waals surface area contributed by atoms with Crippen LogP contribution in [0.4, 0.5) is 5.69 Å². The topological polar surface area (TPSA) is 67.6 Å². The van der Waals surface area contributed by atoms with Gasteiger partial charge in [0.05, 0.1) is 13.2 Å². The normalized spacial score (nSPS) is 16.4. The molecule has 1 aliphatic heterocycles. The molecule has 2 rings (SSSR count). The number of rotatable bonds is 4. The van der Waals surface area contributed by atoms with Crippen LogP contribution in [0.25, 0.3) is 0 Å². The number of nitrogens with zero attached hydrogens (tertiary/aromatic N) is 1. The van der Waals surface area contributed by atoms with Gasteiger partial charge in [-0.05, 0) is 35.0 Å². The molecule has 0 spiro atoms. The number of nitrogens with two attached hydrogens (primary N) is 1. The lowest BCUT2D eigenvalue weighted by Gasteiger charge is -2.30. The number of thiocarbonyl (C=S) groups is 1. The summed E-state index contributed by atoms with van der Waals surface area (Å²) in [5.74, 6) is 0.0483. The minimum atomic E-state index is -0.356. The van der Waals surface area contributed by atoms with Crippen LogP contribution in [0.1, 0.15) is 12.5 Å². The van der Waals surface area contributed by atoms with E-state index in [2.05, 4.69) is 21.2 Å². The summed E-state index contributed by atoms with van der Waals surface area (Å²) >= 11 is 8.51. The lowest BCUT2D eigenvalue weighted by Crippen LogP contribution is -2.47. The standard InChI is InChI=1S/C14H18BrN3O2S/c1-9(14(19)18-5-7-20-8-6-18)17-11-4-2-3-10(15)12(11)13(16)21/h2-4,9,17H,5-8H2,1H3,(H2,16,21). The molecule has 1 unspecified atom stereocenters. The van der Waals surface area contributed by atoms with Crippen molar-refractivity contribution in [2.45, 2.75) is 13.0 Å². The Hall–Kier alpha value is -1.18. The van der Waals surface area contributed by atoms with E-state index in [0.717, 1.165) is 10.2 Å². The van der Waals surface area contributed by atoms with Crippen molar-refractivity contribution < 1.29 is 9.53 Å². The predicted molar refractivity (Wildman–Crippen MR) is 90.5 cm³/mol. The molecular formula is C14H18BrN3O2S. The fourth-order valence-electron chi connectivity index (χ4n) is 2.25. The summed E-state index contributed by atoms with van der Waals surface area (Å²) in [5, 5.41) is 3.20. The summed E-state index contributed by atoms with van der Waals surface area (Å²) in [6.07, 6.45) is 0. The van der Waals surface area contributed by atoms with E-state index < -0.39 is 0 Å². The molecule has 1 saturated heterocycles. The van der Waals surface area contributed by atoms with Crippen LogP contribution in [0.15, 0.2) is 22.7 Å². The van der Waals surface area contributed by atoms with E-state index in [0.29, 0.717) is 31.9 Å². The molecular weight excluding hydrogens is 354 g/mol. The van der Waals surface area contributed by atoms with Gasteiger partial charge in [-0.3, -0.25) is 4.79 Å². The highest BCUT2D eigenvalue weighted by atomic mass is 79.9. The second kappa shape index (κ2) is 7.20. The van der Waals surface area contributed by atoms with Crippen molar-refractivity contribution in [2.75, 3.05) is 31.6 Å². The number of hydrogen-bond acceptors (Lipinski definition) is 4. The van der Waals surface area contributed by atoms with Crippen LogP contribution in [-0.2, 0) is 9.53 Å². The molecule has 0 aromatic heterocycles.